The van der Waals surface area contributed by atoms with Gasteiger partial charge in [0.15, 0.2) is 5.76 Å². The first kappa shape index (κ1) is 15.9. The molecule has 0 aliphatic rings. The summed E-state index contributed by atoms with van der Waals surface area (Å²) in [5.41, 5.74) is 3.58. The summed E-state index contributed by atoms with van der Waals surface area (Å²) in [6, 6.07) is 5.64. The van der Waals surface area contributed by atoms with E-state index in [0.29, 0.717) is 30.7 Å². The fraction of sp³-hybridized carbons (Fsp3) is 0.294. The highest BCUT2D eigenvalue weighted by Gasteiger charge is 2.16. The predicted molar refractivity (Wildman–Crippen MR) is 89.7 cm³/mol. The molecule has 0 radical (unpaired) electrons. The number of aryl methyl sites for hydroxylation is 2. The van der Waals surface area contributed by atoms with E-state index in [1.165, 1.54) is 0 Å². The maximum absolute atomic E-state index is 5.45. The highest BCUT2D eigenvalue weighted by atomic mass is 16.5. The summed E-state index contributed by atoms with van der Waals surface area (Å²) >= 11 is 0. The smallest absolute Gasteiger partial charge is 0.226 e. The third-order valence-corrected chi connectivity index (χ3v) is 3.47. The van der Waals surface area contributed by atoms with E-state index in [1.54, 1.807) is 18.5 Å². The lowest BCUT2D eigenvalue weighted by Crippen LogP contribution is -2.06. The molecule has 0 atom stereocenters. The molecule has 0 unspecified atom stereocenters. The SMILES string of the molecule is CCOc1ccnc(NCc2c(C)noc2-c2ccc(C)cn2)n1. The van der Waals surface area contributed by atoms with Gasteiger partial charge in [-0.3, -0.25) is 4.98 Å². The fourth-order valence-corrected chi connectivity index (χ4v) is 2.22. The maximum atomic E-state index is 5.45. The number of nitrogens with one attached hydrogen (secondary N) is 1. The first-order chi connectivity index (χ1) is 11.7. The van der Waals surface area contributed by atoms with E-state index in [1.807, 2.05) is 32.9 Å². The molecule has 0 aliphatic carbocycles. The molecule has 0 amide bonds. The summed E-state index contributed by atoms with van der Waals surface area (Å²) < 4.78 is 10.8. The molecule has 3 rings (SSSR count). The van der Waals surface area contributed by atoms with Crippen molar-refractivity contribution >= 4 is 5.95 Å². The Bertz CT molecular complexity index is 814. The molecule has 0 fully saturated rings. The Morgan fingerprint density at radius 2 is 2.04 bits per heavy atom. The Hall–Kier alpha value is -2.96. The van der Waals surface area contributed by atoms with Crippen LogP contribution in [0.15, 0.2) is 35.1 Å². The highest BCUT2D eigenvalue weighted by molar-refractivity contribution is 5.58. The number of aromatic nitrogens is 4. The zero-order valence-electron chi connectivity index (χ0n) is 13.9. The van der Waals surface area contributed by atoms with Gasteiger partial charge in [0, 0.05) is 30.6 Å². The minimum Gasteiger partial charge on any atom is -0.478 e. The van der Waals surface area contributed by atoms with Gasteiger partial charge in [0.2, 0.25) is 11.8 Å². The van der Waals surface area contributed by atoms with Crippen LogP contribution in [0.2, 0.25) is 0 Å². The highest BCUT2D eigenvalue weighted by Crippen LogP contribution is 2.25. The van der Waals surface area contributed by atoms with Crippen molar-refractivity contribution in [2.24, 2.45) is 0 Å². The molecule has 7 nitrogen and oxygen atoms in total. The number of anilines is 1. The molecule has 0 aliphatic heterocycles. The Labute approximate surface area is 140 Å². The lowest BCUT2D eigenvalue weighted by atomic mass is 10.1. The van der Waals surface area contributed by atoms with Gasteiger partial charge in [0.25, 0.3) is 0 Å². The van der Waals surface area contributed by atoms with E-state index in [-0.39, 0.29) is 0 Å². The van der Waals surface area contributed by atoms with Crippen LogP contribution in [-0.4, -0.2) is 26.7 Å². The molecule has 1 N–H and O–H groups in total. The summed E-state index contributed by atoms with van der Waals surface area (Å²) in [4.78, 5) is 12.9. The second kappa shape index (κ2) is 7.08. The van der Waals surface area contributed by atoms with E-state index in [4.69, 9.17) is 9.26 Å². The number of hydrogen-bond acceptors (Lipinski definition) is 7. The molecule has 0 bridgehead atoms. The van der Waals surface area contributed by atoms with Crippen LogP contribution in [0.4, 0.5) is 5.95 Å². The van der Waals surface area contributed by atoms with Crippen LogP contribution in [0.25, 0.3) is 11.5 Å². The molecule has 0 spiro atoms. The minimum absolute atomic E-state index is 0.482. The average molecular weight is 325 g/mol. The first-order valence-electron chi connectivity index (χ1n) is 7.75. The molecular formula is C17H19N5O2. The van der Waals surface area contributed by atoms with Crippen LogP contribution in [0.5, 0.6) is 5.88 Å². The summed E-state index contributed by atoms with van der Waals surface area (Å²) in [7, 11) is 0. The predicted octanol–water partition coefficient (Wildman–Crippen LogP) is 3.15. The van der Waals surface area contributed by atoms with Crippen LogP contribution < -0.4 is 10.1 Å². The van der Waals surface area contributed by atoms with Gasteiger partial charge in [0.05, 0.1) is 12.3 Å². The Balaban J connectivity index is 1.79. The Morgan fingerprint density at radius 3 is 2.79 bits per heavy atom. The lowest BCUT2D eigenvalue weighted by molar-refractivity contribution is 0.326. The van der Waals surface area contributed by atoms with Crippen molar-refractivity contribution in [1.29, 1.82) is 0 Å². The molecule has 3 aromatic heterocycles. The molecule has 0 aromatic carbocycles. The maximum Gasteiger partial charge on any atom is 0.226 e. The second-order valence-corrected chi connectivity index (χ2v) is 5.30. The van der Waals surface area contributed by atoms with Gasteiger partial charge in [-0.1, -0.05) is 11.2 Å². The minimum atomic E-state index is 0.482. The zero-order valence-corrected chi connectivity index (χ0v) is 13.9. The van der Waals surface area contributed by atoms with Gasteiger partial charge in [-0.2, -0.15) is 4.98 Å². The van der Waals surface area contributed by atoms with E-state index in [2.05, 4.69) is 25.4 Å². The van der Waals surface area contributed by atoms with Gasteiger partial charge >= 0.3 is 0 Å². The first-order valence-corrected chi connectivity index (χ1v) is 7.75. The monoisotopic (exact) mass is 325 g/mol. The Kier molecular flexibility index (Phi) is 4.69. The molecule has 124 valence electrons. The zero-order chi connectivity index (χ0) is 16.9. The van der Waals surface area contributed by atoms with Gasteiger partial charge in [0.1, 0.15) is 5.69 Å². The topological polar surface area (TPSA) is 86.0 Å². The van der Waals surface area contributed by atoms with Crippen LogP contribution in [-0.2, 0) is 6.54 Å². The van der Waals surface area contributed by atoms with Gasteiger partial charge in [-0.05, 0) is 32.4 Å². The van der Waals surface area contributed by atoms with Crippen molar-refractivity contribution in [2.75, 3.05) is 11.9 Å². The van der Waals surface area contributed by atoms with E-state index < -0.39 is 0 Å². The van der Waals surface area contributed by atoms with Crippen molar-refractivity contribution in [2.45, 2.75) is 27.3 Å². The number of ether oxygens (including phenoxy) is 1. The van der Waals surface area contributed by atoms with Crippen molar-refractivity contribution in [3.63, 3.8) is 0 Å². The third kappa shape index (κ3) is 3.51. The normalized spacial score (nSPS) is 10.6. The Morgan fingerprint density at radius 1 is 1.17 bits per heavy atom. The molecular weight excluding hydrogens is 306 g/mol. The van der Waals surface area contributed by atoms with Gasteiger partial charge in [-0.15, -0.1) is 0 Å². The molecule has 3 heterocycles. The van der Waals surface area contributed by atoms with E-state index in [0.717, 1.165) is 22.5 Å². The standard InChI is InChI=1S/C17H19N5O2/c1-4-23-15-7-8-18-17(21-15)20-10-13-12(3)22-24-16(13)14-6-5-11(2)9-19-14/h5-9H,4,10H2,1-3H3,(H,18,20,21). The summed E-state index contributed by atoms with van der Waals surface area (Å²) in [5, 5.41) is 7.23. The van der Waals surface area contributed by atoms with E-state index >= 15 is 0 Å². The average Bonchev–Trinajstić information content (AvgIpc) is 2.95. The van der Waals surface area contributed by atoms with Crippen LogP contribution >= 0.6 is 0 Å². The molecule has 0 saturated heterocycles. The van der Waals surface area contributed by atoms with Crippen LogP contribution in [0.1, 0.15) is 23.7 Å². The summed E-state index contributed by atoms with van der Waals surface area (Å²) in [5.74, 6) is 1.68. The van der Waals surface area contributed by atoms with Gasteiger partial charge in [-0.25, -0.2) is 4.98 Å². The van der Waals surface area contributed by atoms with Crippen molar-refractivity contribution < 1.29 is 9.26 Å². The summed E-state index contributed by atoms with van der Waals surface area (Å²) in [6.07, 6.45) is 3.46. The van der Waals surface area contributed by atoms with E-state index in [9.17, 15) is 0 Å². The quantitative estimate of drug-likeness (QED) is 0.745. The van der Waals surface area contributed by atoms with Crippen molar-refractivity contribution in [1.82, 2.24) is 20.1 Å². The summed E-state index contributed by atoms with van der Waals surface area (Å²) in [6.45, 7) is 6.85. The lowest BCUT2D eigenvalue weighted by Gasteiger charge is -2.07. The number of rotatable bonds is 6. The molecule has 0 saturated carbocycles. The van der Waals surface area contributed by atoms with Crippen LogP contribution in [0.3, 0.4) is 0 Å². The molecule has 3 aromatic rings. The fourth-order valence-electron chi connectivity index (χ4n) is 2.22. The van der Waals surface area contributed by atoms with Crippen molar-refractivity contribution in [3.05, 3.63) is 47.4 Å². The van der Waals surface area contributed by atoms with Crippen LogP contribution in [0, 0.1) is 13.8 Å². The third-order valence-electron chi connectivity index (χ3n) is 3.47. The van der Waals surface area contributed by atoms with Crippen molar-refractivity contribution in [3.8, 4) is 17.3 Å². The number of hydrogen-bond donors (Lipinski definition) is 1. The molecule has 24 heavy (non-hydrogen) atoms. The second-order valence-electron chi connectivity index (χ2n) is 5.30. The number of nitrogens with zero attached hydrogens (tertiary/aromatic N) is 4. The number of pyridine rings is 1. The van der Waals surface area contributed by atoms with Gasteiger partial charge < -0.3 is 14.6 Å². The molecule has 7 heteroatoms. The largest absolute Gasteiger partial charge is 0.478 e.